The highest BCUT2D eigenvalue weighted by atomic mass is 16.3. The van der Waals surface area contributed by atoms with Crippen molar-refractivity contribution in [2.75, 3.05) is 9.80 Å². The summed E-state index contributed by atoms with van der Waals surface area (Å²) in [5, 5.41) is 28.6. The van der Waals surface area contributed by atoms with Crippen molar-refractivity contribution in [3.63, 3.8) is 0 Å². The SMILES string of the molecule is Cc1cc(C)cc(N(c2cc(C)cc(C)c2)c2ccc3cc4c(cc3c2)oc2c(C#N)c3oc5cc6cc(N(c7cc(C)cc(C)c7)c7cc(C)cc(C)c7)ccc6cc5c3c(C#N)c24)c1. The Labute approximate surface area is 383 Å². The summed E-state index contributed by atoms with van der Waals surface area (Å²) in [5.41, 5.74) is 18.5. The molecule has 0 atom stereocenters. The largest absolute Gasteiger partial charge is 0.454 e. The molecule has 0 N–H and O–H groups in total. The Morgan fingerprint density at radius 3 is 0.955 bits per heavy atom. The van der Waals surface area contributed by atoms with Crippen LogP contribution in [0.15, 0.2) is 142 Å². The Morgan fingerprint density at radius 1 is 0.333 bits per heavy atom. The number of aryl methyl sites for hydroxylation is 8. The van der Waals surface area contributed by atoms with Crippen molar-refractivity contribution in [3.8, 4) is 12.1 Å². The maximum Gasteiger partial charge on any atom is 0.158 e. The van der Waals surface area contributed by atoms with Gasteiger partial charge in [-0.25, -0.2) is 0 Å². The molecule has 0 aliphatic carbocycles. The van der Waals surface area contributed by atoms with E-state index in [-0.39, 0.29) is 5.56 Å². The third kappa shape index (κ3) is 6.70. The van der Waals surface area contributed by atoms with E-state index in [1.165, 1.54) is 44.5 Å². The smallest absolute Gasteiger partial charge is 0.158 e. The number of hydrogen-bond donors (Lipinski definition) is 0. The van der Waals surface area contributed by atoms with E-state index >= 15 is 0 Å². The van der Waals surface area contributed by atoms with Gasteiger partial charge in [0.05, 0.1) is 5.56 Å². The average Bonchev–Trinajstić information content (AvgIpc) is 3.80. The molecule has 2 heterocycles. The van der Waals surface area contributed by atoms with E-state index in [4.69, 9.17) is 8.83 Å². The highest BCUT2D eigenvalue weighted by Crippen LogP contribution is 2.46. The summed E-state index contributed by atoms with van der Waals surface area (Å²) < 4.78 is 13.3. The van der Waals surface area contributed by atoms with E-state index in [2.05, 4.69) is 199 Å². The Hall–Kier alpha value is -8.32. The van der Waals surface area contributed by atoms with Crippen LogP contribution in [-0.4, -0.2) is 0 Å². The zero-order valence-electron chi connectivity index (χ0n) is 38.3. The van der Waals surface area contributed by atoms with Crippen LogP contribution in [0.4, 0.5) is 34.1 Å². The summed E-state index contributed by atoms with van der Waals surface area (Å²) in [6.07, 6.45) is 0. The number of fused-ring (bicyclic) bond motifs is 8. The molecule has 66 heavy (non-hydrogen) atoms. The van der Waals surface area contributed by atoms with Crippen molar-refractivity contribution in [2.24, 2.45) is 0 Å². The third-order valence-corrected chi connectivity index (χ3v) is 12.8. The number of nitrogens with zero attached hydrogens (tertiary/aromatic N) is 4. The van der Waals surface area contributed by atoms with E-state index in [1.54, 1.807) is 0 Å². The minimum Gasteiger partial charge on any atom is -0.454 e. The average molecular weight is 855 g/mol. The summed E-state index contributed by atoms with van der Waals surface area (Å²) in [5.74, 6) is 0. The molecule has 0 fully saturated rings. The van der Waals surface area contributed by atoms with Gasteiger partial charge in [-0.1, -0.05) is 36.4 Å². The van der Waals surface area contributed by atoms with Crippen LogP contribution in [0.5, 0.6) is 0 Å². The van der Waals surface area contributed by atoms with Crippen molar-refractivity contribution in [1.82, 2.24) is 0 Å². The Kier molecular flexibility index (Phi) is 9.29. The Balaban J connectivity index is 1.08. The second-order valence-electron chi connectivity index (χ2n) is 18.4. The lowest BCUT2D eigenvalue weighted by molar-refractivity contribution is 0.654. The fraction of sp³-hybridized carbons (Fsp3) is 0.133. The standard InChI is InChI=1S/C60H46N4O2/c1-33-13-34(2)18-47(17-33)63(48-19-35(3)14-36(4)20-48)45-11-9-41-27-51-55(29-43(41)25-45)65-59-54(32-62)60-58(53(31-61)57(51)59)52-28-42-10-12-46(26-44(42)30-56(52)66-60)64(49-21-37(5)15-38(6)22-49)50-23-39(7)16-40(8)24-50/h9-30H,1-8H3. The number of nitriles is 2. The molecule has 0 saturated carbocycles. The van der Waals surface area contributed by atoms with Gasteiger partial charge < -0.3 is 18.6 Å². The van der Waals surface area contributed by atoms with Crippen LogP contribution in [0.25, 0.3) is 65.4 Å². The summed E-state index contributed by atoms with van der Waals surface area (Å²) in [6.45, 7) is 17.0. The van der Waals surface area contributed by atoms with E-state index in [0.29, 0.717) is 38.7 Å². The first kappa shape index (κ1) is 40.5. The van der Waals surface area contributed by atoms with Crippen molar-refractivity contribution >= 4 is 99.5 Å². The van der Waals surface area contributed by atoms with Crippen LogP contribution in [0.2, 0.25) is 0 Å². The lowest BCUT2D eigenvalue weighted by atomic mass is 9.96. The highest BCUT2D eigenvalue weighted by molar-refractivity contribution is 6.24. The number of hydrogen-bond acceptors (Lipinski definition) is 6. The molecule has 0 bridgehead atoms. The third-order valence-electron chi connectivity index (χ3n) is 12.8. The lowest BCUT2D eigenvalue weighted by Gasteiger charge is -2.27. The topological polar surface area (TPSA) is 80.3 Å². The molecular formula is C60H46N4O2. The molecule has 0 amide bonds. The monoisotopic (exact) mass is 854 g/mol. The first-order valence-corrected chi connectivity index (χ1v) is 22.3. The first-order valence-electron chi connectivity index (χ1n) is 22.3. The van der Waals surface area contributed by atoms with Gasteiger partial charge in [0, 0.05) is 55.7 Å². The van der Waals surface area contributed by atoms with Gasteiger partial charge in [0.1, 0.15) is 28.9 Å². The van der Waals surface area contributed by atoms with Gasteiger partial charge in [-0.3, -0.25) is 0 Å². The summed E-state index contributed by atoms with van der Waals surface area (Å²) >= 11 is 0. The molecule has 9 aromatic carbocycles. The van der Waals surface area contributed by atoms with Gasteiger partial charge in [-0.05, 0) is 219 Å². The second kappa shape index (κ2) is 15.2. The van der Waals surface area contributed by atoms with Crippen molar-refractivity contribution in [1.29, 1.82) is 10.5 Å². The summed E-state index contributed by atoms with van der Waals surface area (Å²) in [4.78, 5) is 4.61. The Bertz CT molecular complexity index is 3540. The van der Waals surface area contributed by atoms with Crippen LogP contribution in [0.3, 0.4) is 0 Å². The molecule has 11 aromatic rings. The summed E-state index contributed by atoms with van der Waals surface area (Å²) in [7, 11) is 0. The number of rotatable bonds is 6. The highest BCUT2D eigenvalue weighted by Gasteiger charge is 2.26. The van der Waals surface area contributed by atoms with Crippen molar-refractivity contribution in [2.45, 2.75) is 55.4 Å². The molecule has 318 valence electrons. The molecule has 11 rings (SSSR count). The molecule has 0 aliphatic heterocycles. The molecule has 6 heteroatoms. The second-order valence-corrected chi connectivity index (χ2v) is 18.4. The maximum atomic E-state index is 11.0. The molecule has 0 spiro atoms. The normalized spacial score (nSPS) is 11.6. The van der Waals surface area contributed by atoms with E-state index in [9.17, 15) is 10.5 Å². The molecule has 0 unspecified atom stereocenters. The predicted molar refractivity (Wildman–Crippen MR) is 273 cm³/mol. The first-order chi connectivity index (χ1) is 31.8. The van der Waals surface area contributed by atoms with Crippen molar-refractivity contribution in [3.05, 3.63) is 189 Å². The van der Waals surface area contributed by atoms with E-state index in [0.717, 1.165) is 66.4 Å². The van der Waals surface area contributed by atoms with Crippen LogP contribution in [0.1, 0.15) is 55.6 Å². The van der Waals surface area contributed by atoms with Gasteiger partial charge in [0.2, 0.25) is 0 Å². The van der Waals surface area contributed by atoms with Gasteiger partial charge in [-0.15, -0.1) is 0 Å². The van der Waals surface area contributed by atoms with Crippen LogP contribution < -0.4 is 9.80 Å². The minimum absolute atomic E-state index is 0.271. The van der Waals surface area contributed by atoms with Gasteiger partial charge in [0.25, 0.3) is 0 Å². The Morgan fingerprint density at radius 2 is 0.652 bits per heavy atom. The van der Waals surface area contributed by atoms with Gasteiger partial charge in [0.15, 0.2) is 11.2 Å². The summed E-state index contributed by atoms with van der Waals surface area (Å²) in [6, 6.07) is 52.7. The fourth-order valence-corrected chi connectivity index (χ4v) is 10.4. The molecule has 0 aliphatic rings. The van der Waals surface area contributed by atoms with Gasteiger partial charge in [-0.2, -0.15) is 10.5 Å². The number of benzene rings is 9. The van der Waals surface area contributed by atoms with Crippen LogP contribution in [-0.2, 0) is 0 Å². The number of anilines is 6. The molecular weight excluding hydrogens is 809 g/mol. The van der Waals surface area contributed by atoms with E-state index in [1.807, 2.05) is 12.1 Å². The van der Waals surface area contributed by atoms with Crippen LogP contribution in [0, 0.1) is 78.1 Å². The zero-order chi connectivity index (χ0) is 45.7. The molecule has 2 aromatic heterocycles. The minimum atomic E-state index is 0.271. The molecule has 6 nitrogen and oxygen atoms in total. The van der Waals surface area contributed by atoms with Crippen LogP contribution >= 0.6 is 0 Å². The predicted octanol–water partition coefficient (Wildman–Crippen LogP) is 16.9. The lowest BCUT2D eigenvalue weighted by Crippen LogP contribution is -2.11. The van der Waals surface area contributed by atoms with E-state index < -0.39 is 0 Å². The molecule has 0 saturated heterocycles. The fourth-order valence-electron chi connectivity index (χ4n) is 10.4. The zero-order valence-corrected chi connectivity index (χ0v) is 38.3. The molecule has 0 radical (unpaired) electrons. The maximum absolute atomic E-state index is 11.0. The quantitative estimate of drug-likeness (QED) is 0.166. The number of furan rings is 2. The van der Waals surface area contributed by atoms with Gasteiger partial charge >= 0.3 is 0 Å². The van der Waals surface area contributed by atoms with Crippen molar-refractivity contribution < 1.29 is 8.83 Å².